The van der Waals surface area contributed by atoms with Gasteiger partial charge in [0.1, 0.15) is 0 Å². The first-order valence-corrected chi connectivity index (χ1v) is 13.0. The molecule has 134 valence electrons. The van der Waals surface area contributed by atoms with Crippen LogP contribution in [0.1, 0.15) is 38.5 Å². The molecular weight excluding hydrogens is 540 g/mol. The van der Waals surface area contributed by atoms with Crippen molar-refractivity contribution in [3.8, 4) is 0 Å². The SMILES string of the molecule is BrCCCN(CCCBr)CCCCN(CCCBr)CCCBr. The zero-order chi connectivity index (χ0) is 16.5. The highest BCUT2D eigenvalue weighted by Gasteiger charge is 2.06. The highest BCUT2D eigenvalue weighted by atomic mass is 79.9. The maximum atomic E-state index is 3.54. The molecule has 0 aliphatic carbocycles. The first-order valence-electron chi connectivity index (χ1n) is 8.47. The van der Waals surface area contributed by atoms with Crippen molar-refractivity contribution in [1.29, 1.82) is 0 Å². The van der Waals surface area contributed by atoms with Gasteiger partial charge in [-0.05, 0) is 77.8 Å². The van der Waals surface area contributed by atoms with Gasteiger partial charge in [0, 0.05) is 21.3 Å². The summed E-state index contributed by atoms with van der Waals surface area (Å²) >= 11 is 14.2. The monoisotopic (exact) mass is 568 g/mol. The summed E-state index contributed by atoms with van der Waals surface area (Å²) in [5.41, 5.74) is 0. The minimum atomic E-state index is 1.12. The summed E-state index contributed by atoms with van der Waals surface area (Å²) in [6.07, 6.45) is 7.67. The van der Waals surface area contributed by atoms with Crippen LogP contribution < -0.4 is 0 Å². The van der Waals surface area contributed by atoms with E-state index in [2.05, 4.69) is 73.5 Å². The van der Waals surface area contributed by atoms with Gasteiger partial charge in [-0.1, -0.05) is 63.7 Å². The van der Waals surface area contributed by atoms with E-state index in [1.807, 2.05) is 0 Å². The molecule has 0 aliphatic heterocycles. The summed E-state index contributed by atoms with van der Waals surface area (Å²) in [5, 5.41) is 4.46. The Hall–Kier alpha value is 1.84. The van der Waals surface area contributed by atoms with E-state index in [0.717, 1.165) is 21.3 Å². The van der Waals surface area contributed by atoms with Crippen LogP contribution >= 0.6 is 63.7 Å². The molecule has 0 aliphatic rings. The van der Waals surface area contributed by atoms with Crippen LogP contribution in [0.15, 0.2) is 0 Å². The number of nitrogens with zero attached hydrogens (tertiary/aromatic N) is 2. The zero-order valence-corrected chi connectivity index (χ0v) is 20.1. The second-order valence-electron chi connectivity index (χ2n) is 5.56. The summed E-state index contributed by atoms with van der Waals surface area (Å²) < 4.78 is 0. The van der Waals surface area contributed by atoms with Gasteiger partial charge in [0.15, 0.2) is 0 Å². The van der Waals surface area contributed by atoms with E-state index in [1.165, 1.54) is 77.8 Å². The molecule has 22 heavy (non-hydrogen) atoms. The average molecular weight is 572 g/mol. The molecule has 0 aromatic heterocycles. The largest absolute Gasteiger partial charge is 0.303 e. The normalized spacial score (nSPS) is 11.7. The molecule has 0 rings (SSSR count). The number of halogens is 4. The highest BCUT2D eigenvalue weighted by molar-refractivity contribution is 9.09. The molecule has 0 N–H and O–H groups in total. The summed E-state index contributed by atoms with van der Waals surface area (Å²) in [7, 11) is 0. The number of unbranched alkanes of at least 4 members (excludes halogenated alkanes) is 1. The first-order chi connectivity index (χ1) is 10.8. The van der Waals surface area contributed by atoms with Gasteiger partial charge in [0.05, 0.1) is 0 Å². The third-order valence-electron chi connectivity index (χ3n) is 3.63. The fourth-order valence-electron chi connectivity index (χ4n) is 2.48. The van der Waals surface area contributed by atoms with Crippen molar-refractivity contribution in [2.75, 3.05) is 60.6 Å². The first kappa shape index (κ1) is 23.8. The molecule has 0 bridgehead atoms. The van der Waals surface area contributed by atoms with Gasteiger partial charge in [0.25, 0.3) is 0 Å². The molecule has 0 aromatic carbocycles. The molecule has 0 spiro atoms. The summed E-state index contributed by atoms with van der Waals surface area (Å²) in [6.45, 7) is 7.43. The van der Waals surface area contributed by atoms with Crippen molar-refractivity contribution >= 4 is 63.7 Å². The second-order valence-corrected chi connectivity index (χ2v) is 8.73. The molecule has 0 unspecified atom stereocenters. The summed E-state index contributed by atoms with van der Waals surface area (Å²) in [4.78, 5) is 5.26. The minimum absolute atomic E-state index is 1.12. The molecule has 0 radical (unpaired) electrons. The maximum absolute atomic E-state index is 3.54. The van der Waals surface area contributed by atoms with E-state index in [0.29, 0.717) is 0 Å². The Balaban J connectivity index is 3.88. The van der Waals surface area contributed by atoms with E-state index < -0.39 is 0 Å². The lowest BCUT2D eigenvalue weighted by molar-refractivity contribution is 0.243. The number of rotatable bonds is 17. The van der Waals surface area contributed by atoms with Crippen LogP contribution in [0.3, 0.4) is 0 Å². The third kappa shape index (κ3) is 15.4. The Morgan fingerprint density at radius 1 is 0.364 bits per heavy atom. The van der Waals surface area contributed by atoms with Crippen LogP contribution in [-0.4, -0.2) is 70.4 Å². The predicted molar refractivity (Wildman–Crippen MR) is 116 cm³/mol. The second kappa shape index (κ2) is 19.2. The molecule has 2 nitrogen and oxygen atoms in total. The quantitative estimate of drug-likeness (QED) is 0.168. The standard InChI is InChI=1S/C16H32Br4N2/c17-7-3-13-21(14-4-8-18)11-1-2-12-22(15-5-9-19)16-6-10-20/h1-16H2. The van der Waals surface area contributed by atoms with Crippen LogP contribution in [0.2, 0.25) is 0 Å². The van der Waals surface area contributed by atoms with Crippen molar-refractivity contribution in [2.24, 2.45) is 0 Å². The van der Waals surface area contributed by atoms with Crippen LogP contribution in [0.4, 0.5) is 0 Å². The van der Waals surface area contributed by atoms with Gasteiger partial charge < -0.3 is 9.80 Å². The highest BCUT2D eigenvalue weighted by Crippen LogP contribution is 2.05. The third-order valence-corrected chi connectivity index (χ3v) is 5.87. The summed E-state index contributed by atoms with van der Waals surface area (Å²) in [5.74, 6) is 0. The lowest BCUT2D eigenvalue weighted by Crippen LogP contribution is -2.30. The molecule has 0 saturated carbocycles. The lowest BCUT2D eigenvalue weighted by Gasteiger charge is -2.24. The van der Waals surface area contributed by atoms with Gasteiger partial charge in [0.2, 0.25) is 0 Å². The van der Waals surface area contributed by atoms with Crippen molar-refractivity contribution in [3.05, 3.63) is 0 Å². The van der Waals surface area contributed by atoms with E-state index in [4.69, 9.17) is 0 Å². The number of hydrogen-bond donors (Lipinski definition) is 0. The van der Waals surface area contributed by atoms with Gasteiger partial charge >= 0.3 is 0 Å². The Bertz CT molecular complexity index is 182. The van der Waals surface area contributed by atoms with Crippen LogP contribution in [0.25, 0.3) is 0 Å². The molecule has 0 heterocycles. The zero-order valence-electron chi connectivity index (χ0n) is 13.7. The Morgan fingerprint density at radius 3 is 0.818 bits per heavy atom. The van der Waals surface area contributed by atoms with E-state index >= 15 is 0 Å². The van der Waals surface area contributed by atoms with Gasteiger partial charge in [-0.25, -0.2) is 0 Å². The molecule has 0 saturated heterocycles. The lowest BCUT2D eigenvalue weighted by atomic mass is 10.2. The topological polar surface area (TPSA) is 6.48 Å². The molecule has 0 fully saturated rings. The molecule has 0 atom stereocenters. The average Bonchev–Trinajstić information content (AvgIpc) is 2.54. The molecule has 0 aromatic rings. The molecular formula is C16H32Br4N2. The molecule has 0 amide bonds. The Morgan fingerprint density at radius 2 is 0.591 bits per heavy atom. The smallest absolute Gasteiger partial charge is 0.00434 e. The Kier molecular flexibility index (Phi) is 20.8. The Labute approximate surface area is 171 Å². The summed E-state index contributed by atoms with van der Waals surface area (Å²) in [6, 6.07) is 0. The fraction of sp³-hybridized carbons (Fsp3) is 1.00. The van der Waals surface area contributed by atoms with Gasteiger partial charge in [-0.3, -0.25) is 0 Å². The van der Waals surface area contributed by atoms with Crippen molar-refractivity contribution < 1.29 is 0 Å². The van der Waals surface area contributed by atoms with E-state index in [1.54, 1.807) is 0 Å². The number of alkyl halides is 4. The van der Waals surface area contributed by atoms with Crippen molar-refractivity contribution in [3.63, 3.8) is 0 Å². The minimum Gasteiger partial charge on any atom is -0.303 e. The van der Waals surface area contributed by atoms with Crippen LogP contribution in [-0.2, 0) is 0 Å². The fourth-order valence-corrected chi connectivity index (χ4v) is 3.48. The van der Waals surface area contributed by atoms with Crippen molar-refractivity contribution in [1.82, 2.24) is 9.80 Å². The van der Waals surface area contributed by atoms with Crippen LogP contribution in [0.5, 0.6) is 0 Å². The van der Waals surface area contributed by atoms with Gasteiger partial charge in [-0.2, -0.15) is 0 Å². The molecule has 6 heteroatoms. The van der Waals surface area contributed by atoms with E-state index in [-0.39, 0.29) is 0 Å². The number of hydrogen-bond acceptors (Lipinski definition) is 2. The van der Waals surface area contributed by atoms with E-state index in [9.17, 15) is 0 Å². The van der Waals surface area contributed by atoms with Crippen molar-refractivity contribution in [2.45, 2.75) is 38.5 Å². The predicted octanol–water partition coefficient (Wildman–Crippen LogP) is 5.51. The van der Waals surface area contributed by atoms with Crippen LogP contribution in [0, 0.1) is 0 Å². The van der Waals surface area contributed by atoms with Gasteiger partial charge in [-0.15, -0.1) is 0 Å². The maximum Gasteiger partial charge on any atom is 0.00434 e.